The van der Waals surface area contributed by atoms with Crippen molar-refractivity contribution in [3.63, 3.8) is 0 Å². The van der Waals surface area contributed by atoms with Crippen molar-refractivity contribution in [2.24, 2.45) is 0 Å². The van der Waals surface area contributed by atoms with Gasteiger partial charge in [0.15, 0.2) is 5.11 Å². The Bertz CT molecular complexity index is 671. The lowest BCUT2D eigenvalue weighted by Gasteiger charge is -2.30. The Hall–Kier alpha value is -2.39. The molecule has 27 heavy (non-hydrogen) atoms. The predicted octanol–water partition coefficient (Wildman–Crippen LogP) is 2.23. The highest BCUT2D eigenvalue weighted by Crippen LogP contribution is 2.16. The quantitative estimate of drug-likeness (QED) is 0.417. The number of rotatable bonds is 7. The zero-order valence-corrected chi connectivity index (χ0v) is 16.5. The number of hydrogen-bond acceptors (Lipinski definition) is 5. The third-order valence-electron chi connectivity index (χ3n) is 3.93. The van der Waals surface area contributed by atoms with Gasteiger partial charge in [0.05, 0.1) is 12.2 Å². The molecule has 0 saturated carbocycles. The highest BCUT2D eigenvalue weighted by Gasteiger charge is 2.28. The van der Waals surface area contributed by atoms with Gasteiger partial charge in [-0.25, -0.2) is 14.6 Å². The van der Waals surface area contributed by atoms with Crippen LogP contribution in [0.3, 0.4) is 0 Å². The Balaban J connectivity index is 1.95. The summed E-state index contributed by atoms with van der Waals surface area (Å²) in [6, 6.07) is 6.37. The molecule has 1 aromatic rings. The first kappa shape index (κ1) is 20.9. The van der Waals surface area contributed by atoms with Gasteiger partial charge >= 0.3 is 12.0 Å². The molecule has 0 radical (unpaired) electrons. The van der Waals surface area contributed by atoms with Gasteiger partial charge in [0, 0.05) is 39.0 Å². The number of amides is 2. The second kappa shape index (κ2) is 10.7. The standard InChI is InChI=1S/C18H26N4O4S/c1-3-26-16(23)14-7-4-8-15(13-14)20-17(24)21-10-6-11-22(21)18(27)19-9-5-12-25-2/h4,7-8,13H,3,5-6,9-12H2,1-2H3,(H,19,27)(H,20,24). The highest BCUT2D eigenvalue weighted by molar-refractivity contribution is 7.80. The van der Waals surface area contributed by atoms with Gasteiger partial charge in [0.2, 0.25) is 0 Å². The van der Waals surface area contributed by atoms with E-state index in [0.717, 1.165) is 12.8 Å². The molecule has 1 aromatic carbocycles. The van der Waals surface area contributed by atoms with E-state index in [1.54, 1.807) is 48.3 Å². The molecule has 0 unspecified atom stereocenters. The van der Waals surface area contributed by atoms with Gasteiger partial charge in [-0.3, -0.25) is 5.01 Å². The molecule has 1 heterocycles. The normalized spacial score (nSPS) is 13.4. The van der Waals surface area contributed by atoms with E-state index in [4.69, 9.17) is 21.7 Å². The van der Waals surface area contributed by atoms with Crippen LogP contribution in [0.1, 0.15) is 30.1 Å². The summed E-state index contributed by atoms with van der Waals surface area (Å²) in [6.45, 7) is 4.62. The Morgan fingerprint density at radius 1 is 1.26 bits per heavy atom. The molecule has 0 bridgehead atoms. The number of hydrogen-bond donors (Lipinski definition) is 2. The maximum Gasteiger partial charge on any atom is 0.340 e. The molecule has 2 N–H and O–H groups in total. The fourth-order valence-electron chi connectivity index (χ4n) is 2.66. The zero-order chi connectivity index (χ0) is 19.6. The van der Waals surface area contributed by atoms with E-state index in [9.17, 15) is 9.59 Å². The van der Waals surface area contributed by atoms with Gasteiger partial charge in [-0.15, -0.1) is 0 Å². The molecule has 9 heteroatoms. The van der Waals surface area contributed by atoms with E-state index in [-0.39, 0.29) is 6.03 Å². The Morgan fingerprint density at radius 2 is 2.04 bits per heavy atom. The minimum atomic E-state index is -0.419. The monoisotopic (exact) mass is 394 g/mol. The van der Waals surface area contributed by atoms with Gasteiger partial charge in [0.1, 0.15) is 0 Å². The topological polar surface area (TPSA) is 83.1 Å². The van der Waals surface area contributed by atoms with Crippen LogP contribution in [0.25, 0.3) is 0 Å². The lowest BCUT2D eigenvalue weighted by atomic mass is 10.2. The minimum Gasteiger partial charge on any atom is -0.462 e. The third-order valence-corrected chi connectivity index (χ3v) is 4.28. The molecule has 2 rings (SSSR count). The summed E-state index contributed by atoms with van der Waals surface area (Å²) in [5, 5.41) is 9.80. The van der Waals surface area contributed by atoms with Crippen LogP contribution in [-0.4, -0.2) is 67.1 Å². The van der Waals surface area contributed by atoms with E-state index in [2.05, 4.69) is 10.6 Å². The number of anilines is 1. The molecule has 0 atom stereocenters. The van der Waals surface area contributed by atoms with E-state index in [0.29, 0.717) is 49.2 Å². The van der Waals surface area contributed by atoms with Crippen LogP contribution in [0.15, 0.2) is 24.3 Å². The van der Waals surface area contributed by atoms with Gasteiger partial charge in [0.25, 0.3) is 0 Å². The van der Waals surface area contributed by atoms with Gasteiger partial charge in [-0.05, 0) is 50.2 Å². The summed E-state index contributed by atoms with van der Waals surface area (Å²) >= 11 is 5.40. The van der Waals surface area contributed by atoms with Crippen molar-refractivity contribution in [3.8, 4) is 0 Å². The molecule has 1 aliphatic rings. The third kappa shape index (κ3) is 6.07. The molecule has 2 amide bonds. The fraction of sp³-hybridized carbons (Fsp3) is 0.500. The number of esters is 1. The highest BCUT2D eigenvalue weighted by atomic mass is 32.1. The first-order valence-electron chi connectivity index (χ1n) is 8.96. The molecule has 0 spiro atoms. The van der Waals surface area contributed by atoms with Crippen molar-refractivity contribution in [1.29, 1.82) is 0 Å². The van der Waals surface area contributed by atoms with E-state index in [1.165, 1.54) is 0 Å². The van der Waals surface area contributed by atoms with Gasteiger partial charge in [-0.1, -0.05) is 6.07 Å². The first-order valence-corrected chi connectivity index (χ1v) is 9.37. The second-order valence-electron chi connectivity index (χ2n) is 5.91. The number of thiocarbonyl (C=S) groups is 1. The van der Waals surface area contributed by atoms with Gasteiger partial charge in [-0.2, -0.15) is 0 Å². The van der Waals surface area contributed by atoms with Crippen LogP contribution in [0.5, 0.6) is 0 Å². The molecule has 0 aliphatic carbocycles. The zero-order valence-electron chi connectivity index (χ0n) is 15.7. The summed E-state index contributed by atoms with van der Waals surface area (Å²) in [6.07, 6.45) is 1.66. The second-order valence-corrected chi connectivity index (χ2v) is 6.30. The minimum absolute atomic E-state index is 0.297. The van der Waals surface area contributed by atoms with Crippen molar-refractivity contribution in [3.05, 3.63) is 29.8 Å². The first-order chi connectivity index (χ1) is 13.1. The predicted molar refractivity (Wildman–Crippen MR) is 107 cm³/mol. The van der Waals surface area contributed by atoms with Crippen LogP contribution >= 0.6 is 12.2 Å². The molecule has 0 aromatic heterocycles. The Kier molecular flexibility index (Phi) is 8.28. The molecule has 1 fully saturated rings. The van der Waals surface area contributed by atoms with Crippen LogP contribution in [0, 0.1) is 0 Å². The van der Waals surface area contributed by atoms with Gasteiger partial charge < -0.3 is 20.1 Å². The van der Waals surface area contributed by atoms with Crippen LogP contribution < -0.4 is 10.6 Å². The smallest absolute Gasteiger partial charge is 0.340 e. The van der Waals surface area contributed by atoms with Crippen molar-refractivity contribution in [2.75, 3.05) is 45.3 Å². The molecule has 1 aliphatic heterocycles. The summed E-state index contributed by atoms with van der Waals surface area (Å²) < 4.78 is 10.00. The summed E-state index contributed by atoms with van der Waals surface area (Å²) in [5.41, 5.74) is 0.916. The average Bonchev–Trinajstić information content (AvgIpc) is 3.15. The summed E-state index contributed by atoms with van der Waals surface area (Å²) in [7, 11) is 1.65. The largest absolute Gasteiger partial charge is 0.462 e. The molecule has 8 nitrogen and oxygen atoms in total. The number of methoxy groups -OCH3 is 1. The number of nitrogens with zero attached hydrogens (tertiary/aromatic N) is 2. The number of ether oxygens (including phenoxy) is 2. The number of hydrazine groups is 1. The van der Waals surface area contributed by atoms with Crippen molar-refractivity contribution in [1.82, 2.24) is 15.3 Å². The Morgan fingerprint density at radius 3 is 2.78 bits per heavy atom. The number of benzene rings is 1. The van der Waals surface area contributed by atoms with Crippen molar-refractivity contribution >= 4 is 35.0 Å². The van der Waals surface area contributed by atoms with Crippen LogP contribution in [0.2, 0.25) is 0 Å². The van der Waals surface area contributed by atoms with E-state index in [1.807, 2.05) is 0 Å². The molecule has 148 valence electrons. The number of carbonyl (C=O) groups excluding carboxylic acids is 2. The lowest BCUT2D eigenvalue weighted by molar-refractivity contribution is 0.0526. The SMILES string of the molecule is CCOC(=O)c1cccc(NC(=O)N2CCCN2C(=S)NCCCOC)c1. The van der Waals surface area contributed by atoms with Crippen LogP contribution in [-0.2, 0) is 9.47 Å². The number of carbonyl (C=O) groups is 2. The van der Waals surface area contributed by atoms with E-state index >= 15 is 0 Å². The average molecular weight is 394 g/mol. The Labute approximate surface area is 164 Å². The fourth-order valence-corrected chi connectivity index (χ4v) is 2.96. The van der Waals surface area contributed by atoms with Crippen molar-refractivity contribution in [2.45, 2.75) is 19.8 Å². The molecular weight excluding hydrogens is 368 g/mol. The summed E-state index contributed by atoms with van der Waals surface area (Å²) in [5.74, 6) is -0.419. The summed E-state index contributed by atoms with van der Waals surface area (Å²) in [4.78, 5) is 24.5. The number of urea groups is 1. The molecular formula is C18H26N4O4S. The van der Waals surface area contributed by atoms with E-state index < -0.39 is 5.97 Å². The maximum atomic E-state index is 12.7. The lowest BCUT2D eigenvalue weighted by Crippen LogP contribution is -2.50. The maximum absolute atomic E-state index is 12.7. The molecule has 1 saturated heterocycles. The van der Waals surface area contributed by atoms with Crippen molar-refractivity contribution < 1.29 is 19.1 Å². The van der Waals surface area contributed by atoms with Crippen LogP contribution in [0.4, 0.5) is 10.5 Å². The number of nitrogens with one attached hydrogen (secondary N) is 2.